The summed E-state index contributed by atoms with van der Waals surface area (Å²) in [4.78, 5) is 39.2. The van der Waals surface area contributed by atoms with Crippen molar-refractivity contribution in [1.29, 1.82) is 0 Å². The standard InChI is InChI=1S/C25H24N2O4/c28-23(21-17-7-8-18(14-17)22(21)25(30)31)26-19-11-9-16(10-12-19)24(29)27-13-3-5-15-4-1-2-6-20(15)27/h1-2,4,6-12,17-18,21-22H,3,5,13-14H2,(H,26,28)(H,30,31)/p-1/t17-,18-,21+,22-/m0/s1. The van der Waals surface area contributed by atoms with Crippen molar-refractivity contribution in [3.8, 4) is 0 Å². The van der Waals surface area contributed by atoms with Crippen molar-refractivity contribution in [2.45, 2.75) is 19.3 Å². The molecule has 2 amide bonds. The molecular weight excluding hydrogens is 392 g/mol. The van der Waals surface area contributed by atoms with Crippen LogP contribution >= 0.6 is 0 Å². The number of hydrogen-bond donors (Lipinski definition) is 1. The van der Waals surface area contributed by atoms with E-state index < -0.39 is 17.8 Å². The molecule has 6 nitrogen and oxygen atoms in total. The molecule has 0 spiro atoms. The molecule has 0 aromatic heterocycles. The lowest BCUT2D eigenvalue weighted by molar-refractivity contribution is -0.313. The zero-order valence-corrected chi connectivity index (χ0v) is 17.0. The van der Waals surface area contributed by atoms with Crippen LogP contribution in [0.5, 0.6) is 0 Å². The summed E-state index contributed by atoms with van der Waals surface area (Å²) in [6, 6.07) is 14.7. The Balaban J connectivity index is 1.30. The SMILES string of the molecule is O=C([O-])[C@@H]1[C@H](C(=O)Nc2ccc(C(=O)N3CCCc4ccccc43)cc2)[C@H]2C=C[C@H]1C2. The number of carboxylic acid groups (broad SMARTS) is 1. The second-order valence-corrected chi connectivity index (χ2v) is 8.57. The lowest BCUT2D eigenvalue weighted by Crippen LogP contribution is -2.42. The Kier molecular flexibility index (Phi) is 4.85. The number of benzene rings is 2. The van der Waals surface area contributed by atoms with Gasteiger partial charge in [0.05, 0.1) is 5.92 Å². The highest BCUT2D eigenvalue weighted by molar-refractivity contribution is 6.07. The summed E-state index contributed by atoms with van der Waals surface area (Å²) >= 11 is 0. The monoisotopic (exact) mass is 415 g/mol. The molecule has 3 aliphatic rings. The number of fused-ring (bicyclic) bond motifs is 3. The number of rotatable bonds is 4. The van der Waals surface area contributed by atoms with Crippen LogP contribution < -0.4 is 15.3 Å². The molecule has 5 rings (SSSR count). The molecule has 0 saturated heterocycles. The van der Waals surface area contributed by atoms with E-state index in [1.54, 1.807) is 29.2 Å². The number of carboxylic acids is 1. The van der Waals surface area contributed by atoms with E-state index in [1.807, 2.05) is 30.4 Å². The van der Waals surface area contributed by atoms with Crippen molar-refractivity contribution < 1.29 is 19.5 Å². The summed E-state index contributed by atoms with van der Waals surface area (Å²) in [5.41, 5.74) is 3.22. The van der Waals surface area contributed by atoms with Crippen LogP contribution in [0.4, 0.5) is 11.4 Å². The fourth-order valence-electron chi connectivity index (χ4n) is 5.32. The molecule has 2 bridgehead atoms. The van der Waals surface area contributed by atoms with E-state index in [9.17, 15) is 19.5 Å². The predicted molar refractivity (Wildman–Crippen MR) is 114 cm³/mol. The van der Waals surface area contributed by atoms with Crippen LogP contribution in [0.1, 0.15) is 28.8 Å². The first kappa shape index (κ1) is 19.5. The Hall–Kier alpha value is -3.41. The van der Waals surface area contributed by atoms with Gasteiger partial charge in [-0.25, -0.2) is 0 Å². The van der Waals surface area contributed by atoms with E-state index in [2.05, 4.69) is 11.4 Å². The first-order valence-corrected chi connectivity index (χ1v) is 10.7. The van der Waals surface area contributed by atoms with Gasteiger partial charge in [-0.3, -0.25) is 9.59 Å². The van der Waals surface area contributed by atoms with Gasteiger partial charge in [-0.1, -0.05) is 30.4 Å². The highest BCUT2D eigenvalue weighted by Gasteiger charge is 2.48. The fourth-order valence-corrected chi connectivity index (χ4v) is 5.32. The summed E-state index contributed by atoms with van der Waals surface area (Å²) in [7, 11) is 0. The Labute approximate surface area is 180 Å². The van der Waals surface area contributed by atoms with Gasteiger partial charge in [0.1, 0.15) is 0 Å². The minimum Gasteiger partial charge on any atom is -0.550 e. The van der Waals surface area contributed by atoms with Crippen LogP contribution in [0.25, 0.3) is 0 Å². The Morgan fingerprint density at radius 2 is 1.65 bits per heavy atom. The summed E-state index contributed by atoms with van der Waals surface area (Å²) in [6.45, 7) is 0.677. The van der Waals surface area contributed by atoms with Crippen molar-refractivity contribution >= 4 is 29.2 Å². The van der Waals surface area contributed by atoms with Crippen LogP contribution in [0.3, 0.4) is 0 Å². The topological polar surface area (TPSA) is 89.5 Å². The number of aliphatic carboxylic acids is 1. The number of aryl methyl sites for hydroxylation is 1. The molecule has 158 valence electrons. The number of hydrogen-bond acceptors (Lipinski definition) is 4. The highest BCUT2D eigenvalue weighted by Crippen LogP contribution is 2.48. The van der Waals surface area contributed by atoms with Gasteiger partial charge in [0.15, 0.2) is 0 Å². The fraction of sp³-hybridized carbons (Fsp3) is 0.320. The van der Waals surface area contributed by atoms with E-state index in [-0.39, 0.29) is 23.7 Å². The second kappa shape index (κ2) is 7.69. The van der Waals surface area contributed by atoms with Gasteiger partial charge < -0.3 is 20.1 Å². The Morgan fingerprint density at radius 3 is 2.39 bits per heavy atom. The number of nitrogens with one attached hydrogen (secondary N) is 1. The van der Waals surface area contributed by atoms with Gasteiger partial charge in [-0.15, -0.1) is 0 Å². The van der Waals surface area contributed by atoms with Crippen LogP contribution in [-0.2, 0) is 16.0 Å². The number of para-hydroxylation sites is 1. The normalized spacial score (nSPS) is 25.9. The molecule has 1 heterocycles. The lowest BCUT2D eigenvalue weighted by Gasteiger charge is -2.29. The van der Waals surface area contributed by atoms with Crippen molar-refractivity contribution in [2.75, 3.05) is 16.8 Å². The Bertz CT molecular complexity index is 1080. The van der Waals surface area contributed by atoms with E-state index in [0.717, 1.165) is 18.5 Å². The van der Waals surface area contributed by atoms with Gasteiger partial charge in [-0.05, 0) is 67.0 Å². The number of amides is 2. The van der Waals surface area contributed by atoms with Crippen LogP contribution in [0.2, 0.25) is 0 Å². The molecule has 0 radical (unpaired) electrons. The Morgan fingerprint density at radius 1 is 0.935 bits per heavy atom. The minimum atomic E-state index is -1.17. The molecule has 1 N–H and O–H groups in total. The third-order valence-corrected chi connectivity index (χ3v) is 6.79. The van der Waals surface area contributed by atoms with E-state index >= 15 is 0 Å². The third kappa shape index (κ3) is 3.42. The minimum absolute atomic E-state index is 0.0621. The maximum atomic E-state index is 13.1. The molecule has 1 saturated carbocycles. The molecule has 1 fully saturated rings. The maximum absolute atomic E-state index is 13.1. The molecule has 6 heteroatoms. The molecule has 4 atom stereocenters. The quantitative estimate of drug-likeness (QED) is 0.777. The van der Waals surface area contributed by atoms with Crippen molar-refractivity contribution in [3.05, 3.63) is 71.8 Å². The number of nitrogens with zero attached hydrogens (tertiary/aromatic N) is 1. The number of carbonyl (C=O) groups excluding carboxylic acids is 3. The predicted octanol–water partition coefficient (Wildman–Crippen LogP) is 2.41. The van der Waals surface area contributed by atoms with E-state index in [1.165, 1.54) is 5.56 Å². The summed E-state index contributed by atoms with van der Waals surface area (Å²) in [5, 5.41) is 14.4. The largest absolute Gasteiger partial charge is 0.550 e. The summed E-state index contributed by atoms with van der Waals surface area (Å²) < 4.78 is 0. The molecule has 2 aromatic carbocycles. The van der Waals surface area contributed by atoms with Gasteiger partial charge in [0.25, 0.3) is 5.91 Å². The van der Waals surface area contributed by atoms with Crippen LogP contribution in [0.15, 0.2) is 60.7 Å². The average Bonchev–Trinajstić information content (AvgIpc) is 3.41. The first-order valence-electron chi connectivity index (χ1n) is 10.7. The molecular formula is C25H23N2O4-. The van der Waals surface area contributed by atoms with Crippen molar-refractivity contribution in [1.82, 2.24) is 0 Å². The second-order valence-electron chi connectivity index (χ2n) is 8.57. The molecule has 0 unspecified atom stereocenters. The molecule has 2 aliphatic carbocycles. The van der Waals surface area contributed by atoms with E-state index in [0.29, 0.717) is 24.2 Å². The smallest absolute Gasteiger partial charge is 0.258 e. The zero-order valence-electron chi connectivity index (χ0n) is 17.0. The number of carbonyl (C=O) groups is 3. The average molecular weight is 415 g/mol. The van der Waals surface area contributed by atoms with Crippen LogP contribution in [-0.4, -0.2) is 24.3 Å². The summed E-state index contributed by atoms with van der Waals surface area (Å²) in [6.07, 6.45) is 6.40. The number of allylic oxidation sites excluding steroid dienone is 2. The van der Waals surface area contributed by atoms with Crippen molar-refractivity contribution in [2.24, 2.45) is 23.7 Å². The third-order valence-electron chi connectivity index (χ3n) is 6.79. The lowest BCUT2D eigenvalue weighted by atomic mass is 9.82. The summed E-state index contributed by atoms with van der Waals surface area (Å²) in [5.74, 6) is -3.14. The van der Waals surface area contributed by atoms with Gasteiger partial charge in [0.2, 0.25) is 5.91 Å². The molecule has 2 aromatic rings. The first-order chi connectivity index (χ1) is 15.0. The molecule has 31 heavy (non-hydrogen) atoms. The van der Waals surface area contributed by atoms with Gasteiger partial charge in [-0.2, -0.15) is 0 Å². The van der Waals surface area contributed by atoms with Gasteiger partial charge >= 0.3 is 0 Å². The van der Waals surface area contributed by atoms with Crippen molar-refractivity contribution in [3.63, 3.8) is 0 Å². The molecule has 1 aliphatic heterocycles. The van der Waals surface area contributed by atoms with Crippen LogP contribution in [0, 0.1) is 23.7 Å². The van der Waals surface area contributed by atoms with Gasteiger partial charge in [0, 0.05) is 35.4 Å². The highest BCUT2D eigenvalue weighted by atomic mass is 16.4. The van der Waals surface area contributed by atoms with E-state index in [4.69, 9.17) is 0 Å². The maximum Gasteiger partial charge on any atom is 0.258 e. The zero-order chi connectivity index (χ0) is 21.5. The number of anilines is 2.